The summed E-state index contributed by atoms with van der Waals surface area (Å²) in [4.78, 5) is 4.17. The van der Waals surface area contributed by atoms with E-state index in [4.69, 9.17) is 11.1 Å². The van der Waals surface area contributed by atoms with Crippen molar-refractivity contribution in [2.45, 2.75) is 0 Å². The van der Waals surface area contributed by atoms with Gasteiger partial charge in [0, 0.05) is 12.6 Å². The number of nitrogen functional groups attached to an aromatic ring is 1. The molecule has 4 nitrogen and oxygen atoms in total. The normalized spacial score (nSPS) is 10.5. The maximum atomic E-state index is 7.26. The second-order valence-corrected chi connectivity index (χ2v) is 2.97. The summed E-state index contributed by atoms with van der Waals surface area (Å²) in [6.07, 6.45) is 1.74. The van der Waals surface area contributed by atoms with Crippen molar-refractivity contribution >= 4 is 16.9 Å². The molecule has 0 bridgehead atoms. The van der Waals surface area contributed by atoms with Gasteiger partial charge in [0.15, 0.2) is 0 Å². The number of rotatable bonds is 1. The van der Waals surface area contributed by atoms with Crippen LogP contribution >= 0.6 is 0 Å². The summed E-state index contributed by atoms with van der Waals surface area (Å²) in [5.74, 6) is 0.0764. The van der Waals surface area contributed by atoms with Gasteiger partial charge in [-0.05, 0) is 18.2 Å². The topological polar surface area (TPSA) is 67.7 Å². The average Bonchev–Trinajstić information content (AvgIpc) is 2.47. The molecule has 0 radical (unpaired) electrons. The smallest absolute Gasteiger partial charge is 0.122 e. The van der Waals surface area contributed by atoms with Crippen molar-refractivity contribution in [2.24, 2.45) is 12.8 Å². The van der Waals surface area contributed by atoms with E-state index < -0.39 is 0 Å². The van der Waals surface area contributed by atoms with Crippen LogP contribution in [0, 0.1) is 5.41 Å². The summed E-state index contributed by atoms with van der Waals surface area (Å²) in [6, 6.07) is 5.56. The summed E-state index contributed by atoms with van der Waals surface area (Å²) in [5, 5.41) is 7.26. The number of nitrogens with zero attached hydrogens (tertiary/aromatic N) is 2. The molecule has 0 saturated heterocycles. The van der Waals surface area contributed by atoms with E-state index in [0.717, 1.165) is 11.0 Å². The Balaban J connectivity index is 2.70. The third kappa shape index (κ3) is 1.16. The van der Waals surface area contributed by atoms with Gasteiger partial charge in [-0.3, -0.25) is 5.41 Å². The van der Waals surface area contributed by atoms with Crippen molar-refractivity contribution < 1.29 is 0 Å². The SMILES string of the molecule is Cn1cnc2cc(C(=N)N)ccc21. The highest BCUT2D eigenvalue weighted by Gasteiger charge is 2.01. The molecule has 2 rings (SSSR count). The molecule has 0 spiro atoms. The molecule has 66 valence electrons. The number of imidazole rings is 1. The minimum atomic E-state index is 0.0764. The molecule has 4 heteroatoms. The second-order valence-electron chi connectivity index (χ2n) is 2.97. The van der Waals surface area contributed by atoms with E-state index in [1.807, 2.05) is 29.8 Å². The van der Waals surface area contributed by atoms with Crippen LogP contribution in [-0.2, 0) is 7.05 Å². The molecule has 0 saturated carbocycles. The van der Waals surface area contributed by atoms with E-state index in [-0.39, 0.29) is 5.84 Å². The zero-order valence-electron chi connectivity index (χ0n) is 7.28. The third-order valence-corrected chi connectivity index (χ3v) is 2.04. The molecule has 1 aromatic heterocycles. The van der Waals surface area contributed by atoms with Crippen molar-refractivity contribution in [1.29, 1.82) is 5.41 Å². The zero-order chi connectivity index (χ0) is 9.42. The maximum absolute atomic E-state index is 7.26. The summed E-state index contributed by atoms with van der Waals surface area (Å²) in [5.41, 5.74) is 7.99. The van der Waals surface area contributed by atoms with Crippen LogP contribution in [0.5, 0.6) is 0 Å². The Bertz CT molecular complexity index is 469. The molecule has 0 aliphatic carbocycles. The Kier molecular flexibility index (Phi) is 1.55. The van der Waals surface area contributed by atoms with Gasteiger partial charge in [-0.15, -0.1) is 0 Å². The minimum Gasteiger partial charge on any atom is -0.384 e. The van der Waals surface area contributed by atoms with Gasteiger partial charge < -0.3 is 10.3 Å². The summed E-state index contributed by atoms with van der Waals surface area (Å²) >= 11 is 0. The maximum Gasteiger partial charge on any atom is 0.122 e. The Hall–Kier alpha value is -1.84. The number of amidine groups is 1. The monoisotopic (exact) mass is 174 g/mol. The standard InChI is InChI=1S/C9H10N4/c1-13-5-12-7-4-6(9(10)11)2-3-8(7)13/h2-5H,1H3,(H3,10,11). The van der Waals surface area contributed by atoms with Crippen LogP contribution in [0.4, 0.5) is 0 Å². The van der Waals surface area contributed by atoms with Gasteiger partial charge in [-0.25, -0.2) is 4.98 Å². The van der Waals surface area contributed by atoms with Gasteiger partial charge in [0.25, 0.3) is 0 Å². The van der Waals surface area contributed by atoms with Gasteiger partial charge in [-0.2, -0.15) is 0 Å². The molecular formula is C9H10N4. The fourth-order valence-electron chi connectivity index (χ4n) is 1.30. The summed E-state index contributed by atoms with van der Waals surface area (Å²) < 4.78 is 1.93. The molecule has 1 aromatic carbocycles. The highest BCUT2D eigenvalue weighted by molar-refractivity contribution is 5.97. The first-order chi connectivity index (χ1) is 6.18. The molecule has 3 N–H and O–H groups in total. The summed E-state index contributed by atoms with van der Waals surface area (Å²) in [6.45, 7) is 0. The molecule has 0 amide bonds. The van der Waals surface area contributed by atoms with E-state index in [9.17, 15) is 0 Å². The molecule has 0 unspecified atom stereocenters. The van der Waals surface area contributed by atoms with Crippen LogP contribution in [0.25, 0.3) is 11.0 Å². The number of aryl methyl sites for hydroxylation is 1. The minimum absolute atomic E-state index is 0.0764. The van der Waals surface area contributed by atoms with E-state index in [1.165, 1.54) is 0 Å². The van der Waals surface area contributed by atoms with Crippen LogP contribution in [-0.4, -0.2) is 15.4 Å². The number of nitrogens with two attached hydrogens (primary N) is 1. The molecular weight excluding hydrogens is 164 g/mol. The van der Waals surface area contributed by atoms with Crippen LogP contribution in [0.2, 0.25) is 0 Å². The highest BCUT2D eigenvalue weighted by Crippen LogP contribution is 2.13. The molecule has 0 fully saturated rings. The Morgan fingerprint density at radius 2 is 2.31 bits per heavy atom. The predicted molar refractivity (Wildman–Crippen MR) is 51.7 cm³/mol. The Morgan fingerprint density at radius 3 is 3.00 bits per heavy atom. The molecule has 13 heavy (non-hydrogen) atoms. The van der Waals surface area contributed by atoms with Gasteiger partial charge in [0.05, 0.1) is 17.4 Å². The first-order valence-corrected chi connectivity index (χ1v) is 3.94. The van der Waals surface area contributed by atoms with E-state index in [1.54, 1.807) is 6.33 Å². The summed E-state index contributed by atoms with van der Waals surface area (Å²) in [7, 11) is 1.93. The van der Waals surface area contributed by atoms with Crippen LogP contribution in [0.3, 0.4) is 0 Å². The third-order valence-electron chi connectivity index (χ3n) is 2.04. The Labute approximate surface area is 75.5 Å². The van der Waals surface area contributed by atoms with Gasteiger partial charge in [-0.1, -0.05) is 0 Å². The number of benzene rings is 1. The number of fused-ring (bicyclic) bond motifs is 1. The lowest BCUT2D eigenvalue weighted by atomic mass is 10.2. The number of nitrogens with one attached hydrogen (secondary N) is 1. The molecule has 2 aromatic rings. The van der Waals surface area contributed by atoms with Crippen molar-refractivity contribution in [3.63, 3.8) is 0 Å². The lowest BCUT2D eigenvalue weighted by Crippen LogP contribution is -2.10. The van der Waals surface area contributed by atoms with Gasteiger partial charge in [0.2, 0.25) is 0 Å². The number of hydrogen-bond donors (Lipinski definition) is 2. The average molecular weight is 174 g/mol. The van der Waals surface area contributed by atoms with Gasteiger partial charge in [0.1, 0.15) is 5.84 Å². The first-order valence-electron chi connectivity index (χ1n) is 3.94. The lowest BCUT2D eigenvalue weighted by Gasteiger charge is -1.98. The van der Waals surface area contributed by atoms with Crippen LogP contribution in [0.15, 0.2) is 24.5 Å². The lowest BCUT2D eigenvalue weighted by molar-refractivity contribution is 0.947. The van der Waals surface area contributed by atoms with Crippen molar-refractivity contribution in [2.75, 3.05) is 0 Å². The Morgan fingerprint density at radius 1 is 1.54 bits per heavy atom. The van der Waals surface area contributed by atoms with Crippen molar-refractivity contribution in [1.82, 2.24) is 9.55 Å². The van der Waals surface area contributed by atoms with E-state index in [0.29, 0.717) is 5.56 Å². The quantitative estimate of drug-likeness (QED) is 0.497. The van der Waals surface area contributed by atoms with Crippen molar-refractivity contribution in [3.05, 3.63) is 30.1 Å². The first kappa shape index (κ1) is 7.79. The van der Waals surface area contributed by atoms with Crippen molar-refractivity contribution in [3.8, 4) is 0 Å². The van der Waals surface area contributed by atoms with E-state index >= 15 is 0 Å². The molecule has 1 heterocycles. The fourth-order valence-corrected chi connectivity index (χ4v) is 1.30. The molecule has 0 atom stereocenters. The van der Waals surface area contributed by atoms with Crippen LogP contribution < -0.4 is 5.73 Å². The highest BCUT2D eigenvalue weighted by atomic mass is 15.0. The predicted octanol–water partition coefficient (Wildman–Crippen LogP) is 0.857. The molecule has 0 aliphatic heterocycles. The van der Waals surface area contributed by atoms with Gasteiger partial charge >= 0.3 is 0 Å². The van der Waals surface area contributed by atoms with E-state index in [2.05, 4.69) is 4.98 Å². The second kappa shape index (κ2) is 2.58. The number of aromatic nitrogens is 2. The zero-order valence-corrected chi connectivity index (χ0v) is 7.28. The fraction of sp³-hybridized carbons (Fsp3) is 0.111. The van der Waals surface area contributed by atoms with Crippen LogP contribution in [0.1, 0.15) is 5.56 Å². The molecule has 0 aliphatic rings. The largest absolute Gasteiger partial charge is 0.384 e. The number of hydrogen-bond acceptors (Lipinski definition) is 2.